The maximum Gasteiger partial charge on any atom is 0.326 e. The van der Waals surface area contributed by atoms with Crippen LogP contribution in [0.5, 0.6) is 5.75 Å². The van der Waals surface area contributed by atoms with Crippen LogP contribution in [0.1, 0.15) is 43.0 Å². The van der Waals surface area contributed by atoms with Crippen molar-refractivity contribution in [3.63, 3.8) is 0 Å². The van der Waals surface area contributed by atoms with E-state index in [0.717, 1.165) is 0 Å². The molecule has 7 nitrogen and oxygen atoms in total. The van der Waals surface area contributed by atoms with Crippen LogP contribution in [0.3, 0.4) is 0 Å². The number of carbonyl (C=O) groups is 4. The predicted molar refractivity (Wildman–Crippen MR) is 83.6 cm³/mol. The molecule has 0 unspecified atom stereocenters. The van der Waals surface area contributed by atoms with Crippen LogP contribution in [-0.4, -0.2) is 34.8 Å². The first-order valence-electron chi connectivity index (χ1n) is 7.70. The second-order valence-corrected chi connectivity index (χ2v) is 5.81. The van der Waals surface area contributed by atoms with E-state index in [9.17, 15) is 24.3 Å². The summed E-state index contributed by atoms with van der Waals surface area (Å²) in [5, 5.41) is 11.9. The van der Waals surface area contributed by atoms with Crippen molar-refractivity contribution >= 4 is 23.6 Å². The van der Waals surface area contributed by atoms with Crippen molar-refractivity contribution in [1.29, 1.82) is 0 Å². The Labute approximate surface area is 139 Å². The number of esters is 1. The van der Waals surface area contributed by atoms with E-state index < -0.39 is 29.8 Å². The second kappa shape index (κ2) is 7.72. The highest BCUT2D eigenvalue weighted by molar-refractivity contribution is 5.97. The Kier molecular flexibility index (Phi) is 5.68. The summed E-state index contributed by atoms with van der Waals surface area (Å²) >= 11 is 0. The van der Waals surface area contributed by atoms with Crippen molar-refractivity contribution in [3.8, 4) is 5.75 Å². The highest BCUT2D eigenvalue weighted by Crippen LogP contribution is 2.25. The summed E-state index contributed by atoms with van der Waals surface area (Å²) in [6.07, 6.45) is 1.83. The Morgan fingerprint density at radius 3 is 2.71 bits per heavy atom. The molecule has 0 aliphatic heterocycles. The molecule has 0 spiro atoms. The maximum absolute atomic E-state index is 12.3. The minimum Gasteiger partial charge on any atom is -0.480 e. The normalized spacial score (nSPS) is 18.5. The van der Waals surface area contributed by atoms with Gasteiger partial charge in [0.2, 0.25) is 0 Å². The minimum atomic E-state index is -1.17. The molecule has 1 saturated carbocycles. The van der Waals surface area contributed by atoms with Gasteiger partial charge in [0, 0.05) is 25.3 Å². The number of ether oxygens (including phenoxy) is 1. The van der Waals surface area contributed by atoms with Crippen LogP contribution in [-0.2, 0) is 14.4 Å². The Bertz CT molecular complexity index is 669. The number of Topliss-reactive ketones (excluding diaryl/α,β-unsaturated/α-hetero) is 1. The van der Waals surface area contributed by atoms with Crippen molar-refractivity contribution in [3.05, 3.63) is 29.8 Å². The minimum absolute atomic E-state index is 0.0172. The van der Waals surface area contributed by atoms with Crippen molar-refractivity contribution < 1.29 is 29.0 Å². The standard InChI is InChI=1S/C17H19NO6/c1-10(19)24-14-7-3-5-12(9-14)16(21)18-15(17(22)23)11-4-2-6-13(20)8-11/h3,5,7,9,11,15H,2,4,6,8H2,1H3,(H,18,21)(H,22,23)/t11-,15-/m1/s1. The molecule has 1 aromatic rings. The van der Waals surface area contributed by atoms with Gasteiger partial charge in [-0.25, -0.2) is 4.79 Å². The highest BCUT2D eigenvalue weighted by atomic mass is 16.5. The fourth-order valence-corrected chi connectivity index (χ4v) is 2.82. The molecule has 7 heteroatoms. The summed E-state index contributed by atoms with van der Waals surface area (Å²) in [7, 11) is 0. The van der Waals surface area contributed by atoms with E-state index in [2.05, 4.69) is 5.32 Å². The molecule has 1 amide bonds. The topological polar surface area (TPSA) is 110 Å². The number of hydrogen-bond acceptors (Lipinski definition) is 5. The molecule has 1 fully saturated rings. The third-order valence-electron chi connectivity index (χ3n) is 3.90. The first-order valence-corrected chi connectivity index (χ1v) is 7.70. The van der Waals surface area contributed by atoms with E-state index in [1.807, 2.05) is 0 Å². The average Bonchev–Trinajstić information content (AvgIpc) is 2.51. The lowest BCUT2D eigenvalue weighted by molar-refractivity contribution is -0.141. The van der Waals surface area contributed by atoms with Gasteiger partial charge < -0.3 is 15.2 Å². The summed E-state index contributed by atoms with van der Waals surface area (Å²) in [6, 6.07) is 4.79. The SMILES string of the molecule is CC(=O)Oc1cccc(C(=O)N[C@@H](C(=O)O)[C@@H]2CCCC(=O)C2)c1. The number of aliphatic carboxylic acids is 1. The largest absolute Gasteiger partial charge is 0.480 e. The number of amides is 1. The van der Waals surface area contributed by atoms with Gasteiger partial charge in [-0.1, -0.05) is 6.07 Å². The molecule has 1 aromatic carbocycles. The van der Waals surface area contributed by atoms with E-state index in [1.54, 1.807) is 0 Å². The molecule has 0 radical (unpaired) electrons. The van der Waals surface area contributed by atoms with Gasteiger partial charge >= 0.3 is 11.9 Å². The molecule has 0 aromatic heterocycles. The second-order valence-electron chi connectivity index (χ2n) is 5.81. The number of hydrogen-bond donors (Lipinski definition) is 2. The lowest BCUT2D eigenvalue weighted by atomic mass is 9.83. The molecule has 2 N–H and O–H groups in total. The number of carboxylic acid groups (broad SMARTS) is 1. The summed E-state index contributed by atoms with van der Waals surface area (Å²) in [5.41, 5.74) is 0.183. The first-order chi connectivity index (χ1) is 11.4. The summed E-state index contributed by atoms with van der Waals surface area (Å²) in [4.78, 5) is 46.3. The van der Waals surface area contributed by atoms with E-state index in [1.165, 1.54) is 31.2 Å². The van der Waals surface area contributed by atoms with Crippen molar-refractivity contribution in [2.24, 2.45) is 5.92 Å². The van der Waals surface area contributed by atoms with Gasteiger partial charge in [-0.3, -0.25) is 14.4 Å². The fraction of sp³-hybridized carbons (Fsp3) is 0.412. The fourth-order valence-electron chi connectivity index (χ4n) is 2.82. The number of nitrogens with one attached hydrogen (secondary N) is 1. The van der Waals surface area contributed by atoms with Crippen LogP contribution < -0.4 is 10.1 Å². The molecule has 2 rings (SSSR count). The molecule has 0 bridgehead atoms. The zero-order chi connectivity index (χ0) is 17.7. The predicted octanol–water partition coefficient (Wildman–Crippen LogP) is 1.55. The smallest absolute Gasteiger partial charge is 0.326 e. The Morgan fingerprint density at radius 2 is 2.08 bits per heavy atom. The number of carboxylic acids is 1. The van der Waals surface area contributed by atoms with E-state index in [0.29, 0.717) is 19.3 Å². The van der Waals surface area contributed by atoms with Gasteiger partial charge in [0.15, 0.2) is 0 Å². The molecule has 0 saturated heterocycles. The van der Waals surface area contributed by atoms with Gasteiger partial charge in [-0.2, -0.15) is 0 Å². The third-order valence-corrected chi connectivity index (χ3v) is 3.90. The molecule has 1 aliphatic carbocycles. The van der Waals surface area contributed by atoms with E-state index >= 15 is 0 Å². The van der Waals surface area contributed by atoms with Gasteiger partial charge in [-0.05, 0) is 37.0 Å². The Morgan fingerprint density at radius 1 is 1.33 bits per heavy atom. The number of ketones is 1. The summed E-state index contributed by atoms with van der Waals surface area (Å²) < 4.78 is 4.91. The van der Waals surface area contributed by atoms with Gasteiger partial charge in [0.1, 0.15) is 17.6 Å². The zero-order valence-electron chi connectivity index (χ0n) is 13.3. The van der Waals surface area contributed by atoms with Crippen LogP contribution in [0, 0.1) is 5.92 Å². The molecule has 1 aliphatic rings. The zero-order valence-corrected chi connectivity index (χ0v) is 13.3. The Hall–Kier alpha value is -2.70. The number of rotatable bonds is 5. The van der Waals surface area contributed by atoms with Gasteiger partial charge in [-0.15, -0.1) is 0 Å². The maximum atomic E-state index is 12.3. The quantitative estimate of drug-likeness (QED) is 0.625. The first kappa shape index (κ1) is 17.7. The lowest BCUT2D eigenvalue weighted by Crippen LogP contribution is -2.47. The highest BCUT2D eigenvalue weighted by Gasteiger charge is 2.33. The monoisotopic (exact) mass is 333 g/mol. The molecule has 128 valence electrons. The molecule has 24 heavy (non-hydrogen) atoms. The van der Waals surface area contributed by atoms with E-state index in [-0.39, 0.29) is 23.5 Å². The lowest BCUT2D eigenvalue weighted by Gasteiger charge is -2.27. The third kappa shape index (κ3) is 4.65. The van der Waals surface area contributed by atoms with Gasteiger partial charge in [0.25, 0.3) is 5.91 Å². The molecule has 0 heterocycles. The number of carbonyl (C=O) groups excluding carboxylic acids is 3. The van der Waals surface area contributed by atoms with Crippen LogP contribution >= 0.6 is 0 Å². The van der Waals surface area contributed by atoms with Crippen LogP contribution in [0.25, 0.3) is 0 Å². The Balaban J connectivity index is 2.11. The molecular formula is C17H19NO6. The number of benzene rings is 1. The van der Waals surface area contributed by atoms with Crippen LogP contribution in [0.4, 0.5) is 0 Å². The van der Waals surface area contributed by atoms with Crippen molar-refractivity contribution in [2.45, 2.75) is 38.6 Å². The van der Waals surface area contributed by atoms with E-state index in [4.69, 9.17) is 4.74 Å². The average molecular weight is 333 g/mol. The van der Waals surface area contributed by atoms with Gasteiger partial charge in [0.05, 0.1) is 0 Å². The molecule has 2 atom stereocenters. The van der Waals surface area contributed by atoms with Crippen molar-refractivity contribution in [1.82, 2.24) is 5.32 Å². The van der Waals surface area contributed by atoms with Crippen LogP contribution in [0.2, 0.25) is 0 Å². The molecular weight excluding hydrogens is 314 g/mol. The summed E-state index contributed by atoms with van der Waals surface area (Å²) in [5.74, 6) is -2.46. The van der Waals surface area contributed by atoms with Crippen LogP contribution in [0.15, 0.2) is 24.3 Å². The summed E-state index contributed by atoms with van der Waals surface area (Å²) in [6.45, 7) is 1.24. The van der Waals surface area contributed by atoms with Crippen molar-refractivity contribution in [2.75, 3.05) is 0 Å².